The lowest BCUT2D eigenvalue weighted by molar-refractivity contribution is 0.0904. The topological polar surface area (TPSA) is 68.1 Å². The van der Waals surface area contributed by atoms with Crippen molar-refractivity contribution in [1.29, 1.82) is 0 Å². The molecule has 0 atom stereocenters. The summed E-state index contributed by atoms with van der Waals surface area (Å²) in [4.78, 5) is 20.2. The molecule has 4 aromatic rings. The zero-order chi connectivity index (χ0) is 24.9. The highest BCUT2D eigenvalue weighted by Crippen LogP contribution is 2.22. The van der Waals surface area contributed by atoms with Gasteiger partial charge in [0.05, 0.1) is 18.4 Å². The maximum atomic E-state index is 13.1. The van der Waals surface area contributed by atoms with E-state index in [1.807, 2.05) is 72.2 Å². The largest absolute Gasteiger partial charge is 0.497 e. The number of carbonyl (C=O) groups is 1. The molecule has 0 aliphatic carbocycles. The van der Waals surface area contributed by atoms with Crippen molar-refractivity contribution in [3.05, 3.63) is 95.4 Å². The second-order valence-corrected chi connectivity index (χ2v) is 9.31. The molecule has 7 nitrogen and oxygen atoms in total. The Balaban J connectivity index is 1.16. The number of aromatic nitrogens is 2. The number of amides is 1. The standard InChI is InChI=1S/C29H32N4O3/c1-21-7-6-14-33-19-24(30-28(21)33)20-36-27-11-4-3-10-26(27)29(34)31-23-12-15-32(16-13-23)18-22-8-5-9-25(17-22)35-2/h3-11,14,17,19,23H,12-13,15-16,18,20H2,1-2H3,(H,31,34). The molecule has 5 rings (SSSR count). The highest BCUT2D eigenvalue weighted by atomic mass is 16.5. The van der Waals surface area contributed by atoms with Gasteiger partial charge in [-0.2, -0.15) is 0 Å². The molecule has 2 aromatic carbocycles. The van der Waals surface area contributed by atoms with E-state index in [2.05, 4.69) is 27.3 Å². The SMILES string of the molecule is COc1cccc(CN2CCC(NC(=O)c3ccccc3OCc3cn4cccc(C)c4n3)CC2)c1. The number of ether oxygens (including phenoxy) is 2. The highest BCUT2D eigenvalue weighted by Gasteiger charge is 2.22. The third-order valence-electron chi connectivity index (χ3n) is 6.70. The molecular weight excluding hydrogens is 452 g/mol. The Labute approximate surface area is 211 Å². The number of benzene rings is 2. The predicted octanol–water partition coefficient (Wildman–Crippen LogP) is 4.62. The van der Waals surface area contributed by atoms with Crippen LogP contribution < -0.4 is 14.8 Å². The van der Waals surface area contributed by atoms with Gasteiger partial charge in [-0.3, -0.25) is 9.69 Å². The van der Waals surface area contributed by atoms with Crippen LogP contribution >= 0.6 is 0 Å². The smallest absolute Gasteiger partial charge is 0.255 e. The van der Waals surface area contributed by atoms with Crippen molar-refractivity contribution in [2.45, 2.75) is 39.0 Å². The molecule has 186 valence electrons. The van der Waals surface area contributed by atoms with Gasteiger partial charge in [0, 0.05) is 38.1 Å². The zero-order valence-electron chi connectivity index (χ0n) is 20.8. The van der Waals surface area contributed by atoms with Gasteiger partial charge in [-0.15, -0.1) is 0 Å². The number of para-hydroxylation sites is 1. The number of carbonyl (C=O) groups excluding carboxylic acids is 1. The minimum Gasteiger partial charge on any atom is -0.497 e. The Hall–Kier alpha value is -3.84. The quantitative estimate of drug-likeness (QED) is 0.395. The van der Waals surface area contributed by atoms with Crippen LogP contribution in [-0.2, 0) is 13.2 Å². The molecular formula is C29H32N4O3. The van der Waals surface area contributed by atoms with Crippen molar-refractivity contribution >= 4 is 11.6 Å². The Morgan fingerprint density at radius 3 is 2.72 bits per heavy atom. The van der Waals surface area contributed by atoms with Gasteiger partial charge in [0.15, 0.2) is 0 Å². The molecule has 3 heterocycles. The van der Waals surface area contributed by atoms with Gasteiger partial charge < -0.3 is 19.2 Å². The van der Waals surface area contributed by atoms with Gasteiger partial charge in [0.25, 0.3) is 5.91 Å². The van der Waals surface area contributed by atoms with Crippen molar-refractivity contribution in [2.75, 3.05) is 20.2 Å². The molecule has 0 radical (unpaired) electrons. The molecule has 36 heavy (non-hydrogen) atoms. The van der Waals surface area contributed by atoms with Gasteiger partial charge in [-0.1, -0.05) is 30.3 Å². The number of aryl methyl sites for hydroxylation is 1. The Morgan fingerprint density at radius 2 is 1.92 bits per heavy atom. The lowest BCUT2D eigenvalue weighted by Crippen LogP contribution is -2.44. The van der Waals surface area contributed by atoms with Crippen molar-refractivity contribution < 1.29 is 14.3 Å². The minimum atomic E-state index is -0.0947. The van der Waals surface area contributed by atoms with Gasteiger partial charge >= 0.3 is 0 Å². The average Bonchev–Trinajstić information content (AvgIpc) is 3.33. The van der Waals surface area contributed by atoms with E-state index in [1.54, 1.807) is 7.11 Å². The summed E-state index contributed by atoms with van der Waals surface area (Å²) in [6.45, 7) is 5.10. The lowest BCUT2D eigenvalue weighted by atomic mass is 10.0. The van der Waals surface area contributed by atoms with Crippen LogP contribution in [0.3, 0.4) is 0 Å². The van der Waals surface area contributed by atoms with E-state index in [0.717, 1.165) is 55.1 Å². The second-order valence-electron chi connectivity index (χ2n) is 9.31. The van der Waals surface area contributed by atoms with Crippen LogP contribution in [0.5, 0.6) is 11.5 Å². The molecule has 0 bridgehead atoms. The maximum absolute atomic E-state index is 13.1. The number of hydrogen-bond donors (Lipinski definition) is 1. The first-order valence-electron chi connectivity index (χ1n) is 12.4. The molecule has 1 saturated heterocycles. The fraction of sp³-hybridized carbons (Fsp3) is 0.310. The Morgan fingerprint density at radius 1 is 1.08 bits per heavy atom. The van der Waals surface area contributed by atoms with E-state index in [0.29, 0.717) is 17.9 Å². The molecule has 1 N–H and O–H groups in total. The van der Waals surface area contributed by atoms with E-state index < -0.39 is 0 Å². The summed E-state index contributed by atoms with van der Waals surface area (Å²) < 4.78 is 13.4. The number of piperidine rings is 1. The van der Waals surface area contributed by atoms with Crippen LogP contribution in [0.4, 0.5) is 0 Å². The van der Waals surface area contributed by atoms with Crippen molar-refractivity contribution in [3.8, 4) is 11.5 Å². The fourth-order valence-electron chi connectivity index (χ4n) is 4.73. The maximum Gasteiger partial charge on any atom is 0.255 e. The minimum absolute atomic E-state index is 0.0947. The monoisotopic (exact) mass is 484 g/mol. The average molecular weight is 485 g/mol. The molecule has 7 heteroatoms. The van der Waals surface area contributed by atoms with Crippen LogP contribution in [0.2, 0.25) is 0 Å². The van der Waals surface area contributed by atoms with Crippen molar-refractivity contribution in [2.24, 2.45) is 0 Å². The number of likely N-dealkylation sites (tertiary alicyclic amines) is 1. The summed E-state index contributed by atoms with van der Waals surface area (Å²) in [5, 5.41) is 3.22. The molecule has 0 unspecified atom stereocenters. The Bertz CT molecular complexity index is 1340. The molecule has 0 spiro atoms. The summed E-state index contributed by atoms with van der Waals surface area (Å²) in [5.41, 5.74) is 4.64. The summed E-state index contributed by atoms with van der Waals surface area (Å²) >= 11 is 0. The van der Waals surface area contributed by atoms with Gasteiger partial charge in [0.2, 0.25) is 0 Å². The fourth-order valence-corrected chi connectivity index (χ4v) is 4.73. The van der Waals surface area contributed by atoms with Crippen LogP contribution in [-0.4, -0.2) is 46.4 Å². The molecule has 1 aliphatic rings. The van der Waals surface area contributed by atoms with E-state index in [-0.39, 0.29) is 11.9 Å². The number of pyridine rings is 1. The number of fused-ring (bicyclic) bond motifs is 1. The van der Waals surface area contributed by atoms with Crippen molar-refractivity contribution in [3.63, 3.8) is 0 Å². The van der Waals surface area contributed by atoms with E-state index in [4.69, 9.17) is 9.47 Å². The number of nitrogens with one attached hydrogen (secondary N) is 1. The summed E-state index contributed by atoms with van der Waals surface area (Å²) in [5.74, 6) is 1.36. The molecule has 1 fully saturated rings. The summed E-state index contributed by atoms with van der Waals surface area (Å²) in [6.07, 6.45) is 5.77. The Kier molecular flexibility index (Phi) is 7.18. The van der Waals surface area contributed by atoms with Crippen LogP contribution in [0.25, 0.3) is 5.65 Å². The number of rotatable bonds is 8. The van der Waals surface area contributed by atoms with Gasteiger partial charge in [0.1, 0.15) is 23.8 Å². The van der Waals surface area contributed by atoms with Crippen LogP contribution in [0, 0.1) is 6.92 Å². The normalized spacial score (nSPS) is 14.6. The zero-order valence-corrected chi connectivity index (χ0v) is 20.8. The number of imidazole rings is 1. The molecule has 1 aliphatic heterocycles. The third-order valence-corrected chi connectivity index (χ3v) is 6.70. The van der Waals surface area contributed by atoms with E-state index >= 15 is 0 Å². The number of nitrogens with zero attached hydrogens (tertiary/aromatic N) is 3. The molecule has 2 aromatic heterocycles. The van der Waals surface area contributed by atoms with E-state index in [9.17, 15) is 4.79 Å². The third kappa shape index (κ3) is 5.52. The summed E-state index contributed by atoms with van der Waals surface area (Å²) in [7, 11) is 1.69. The van der Waals surface area contributed by atoms with Gasteiger partial charge in [-0.25, -0.2) is 4.98 Å². The number of methoxy groups -OCH3 is 1. The predicted molar refractivity (Wildman–Crippen MR) is 139 cm³/mol. The summed E-state index contributed by atoms with van der Waals surface area (Å²) in [6, 6.07) is 19.8. The van der Waals surface area contributed by atoms with Crippen molar-refractivity contribution in [1.82, 2.24) is 19.6 Å². The lowest BCUT2D eigenvalue weighted by Gasteiger charge is -2.32. The first kappa shape index (κ1) is 23.9. The van der Waals surface area contributed by atoms with E-state index in [1.165, 1.54) is 5.56 Å². The first-order chi connectivity index (χ1) is 17.6. The van der Waals surface area contributed by atoms with Gasteiger partial charge in [-0.05, 0) is 61.2 Å². The highest BCUT2D eigenvalue weighted by molar-refractivity contribution is 5.97. The first-order valence-corrected chi connectivity index (χ1v) is 12.4. The second kappa shape index (κ2) is 10.8. The van der Waals surface area contributed by atoms with Crippen LogP contribution in [0.15, 0.2) is 73.1 Å². The molecule has 0 saturated carbocycles. The molecule has 1 amide bonds. The number of hydrogen-bond acceptors (Lipinski definition) is 5. The van der Waals surface area contributed by atoms with Crippen LogP contribution in [0.1, 0.15) is 40.0 Å².